The number of carbonyl (C=O) groups is 1. The molecule has 0 radical (unpaired) electrons. The normalized spacial score (nSPS) is 30.5. The average Bonchev–Trinajstić information content (AvgIpc) is 3.13. The van der Waals surface area contributed by atoms with E-state index in [1.54, 1.807) is 6.92 Å². The average molecular weight is 639 g/mol. The molecular formula is C33H45Cl2NO5S. The summed E-state index contributed by atoms with van der Waals surface area (Å²) in [4.78, 5) is 16.8. The fourth-order valence-corrected chi connectivity index (χ4v) is 8.51. The Morgan fingerprint density at radius 3 is 2.21 bits per heavy atom. The van der Waals surface area contributed by atoms with Crippen molar-refractivity contribution in [1.82, 2.24) is 4.90 Å². The molecule has 2 N–H and O–H groups in total. The maximum Gasteiger partial charge on any atom is 0.229 e. The van der Waals surface area contributed by atoms with Crippen molar-refractivity contribution < 1.29 is 23.4 Å². The number of amides is 1. The van der Waals surface area contributed by atoms with Gasteiger partial charge >= 0.3 is 0 Å². The van der Waals surface area contributed by atoms with Gasteiger partial charge in [-0.25, -0.2) is 8.42 Å². The van der Waals surface area contributed by atoms with Gasteiger partial charge in [0.15, 0.2) is 0 Å². The van der Waals surface area contributed by atoms with E-state index in [-0.39, 0.29) is 41.3 Å². The van der Waals surface area contributed by atoms with E-state index in [0.717, 1.165) is 11.1 Å². The molecule has 1 aliphatic heterocycles. The smallest absolute Gasteiger partial charge is 0.229 e. The van der Waals surface area contributed by atoms with Crippen molar-refractivity contribution >= 4 is 38.9 Å². The molecule has 232 valence electrons. The van der Waals surface area contributed by atoms with E-state index in [2.05, 4.69) is 0 Å². The number of benzene rings is 2. The summed E-state index contributed by atoms with van der Waals surface area (Å²) < 4.78 is 25.2. The summed E-state index contributed by atoms with van der Waals surface area (Å²) >= 11 is 12.8. The quantitative estimate of drug-likeness (QED) is 0.298. The van der Waals surface area contributed by atoms with Crippen LogP contribution in [0.1, 0.15) is 89.8 Å². The molecule has 2 fully saturated rings. The second kappa shape index (κ2) is 12.8. The summed E-state index contributed by atoms with van der Waals surface area (Å²) in [7, 11) is -3.25. The lowest BCUT2D eigenvalue weighted by Crippen LogP contribution is -2.56. The molecule has 1 amide bonds. The maximum absolute atomic E-state index is 14.9. The van der Waals surface area contributed by atoms with Crippen molar-refractivity contribution in [3.05, 3.63) is 69.7 Å². The Hall–Kier alpha value is -1.64. The van der Waals surface area contributed by atoms with E-state index < -0.39 is 32.9 Å². The zero-order chi connectivity index (χ0) is 31.0. The second-order valence-electron chi connectivity index (χ2n) is 13.2. The molecule has 1 saturated carbocycles. The van der Waals surface area contributed by atoms with Crippen molar-refractivity contribution in [1.29, 1.82) is 0 Å². The highest BCUT2D eigenvalue weighted by molar-refractivity contribution is 7.91. The zero-order valence-corrected chi connectivity index (χ0v) is 27.6. The van der Waals surface area contributed by atoms with Crippen molar-refractivity contribution in [2.45, 2.75) is 96.9 Å². The lowest BCUT2D eigenvalue weighted by molar-refractivity contribution is -0.157. The van der Waals surface area contributed by atoms with Crippen molar-refractivity contribution in [2.75, 3.05) is 11.5 Å². The monoisotopic (exact) mass is 637 g/mol. The SMILES string of the molecule is CC[C@@H](CCS(=O)(=O)CC)N1C(=O)[C@@](C)(CC2CC(O)C(C)(C)C2O)C[C@H](c2cccc(Cl)c2)[C@H]1c1ccc(Cl)cc1. The van der Waals surface area contributed by atoms with Gasteiger partial charge in [0.25, 0.3) is 0 Å². The highest BCUT2D eigenvalue weighted by Gasteiger charge is 2.55. The number of carbonyl (C=O) groups excluding carboxylic acids is 1. The molecule has 7 atom stereocenters. The van der Waals surface area contributed by atoms with Gasteiger partial charge in [0.05, 0.1) is 24.0 Å². The van der Waals surface area contributed by atoms with Crippen LogP contribution in [0, 0.1) is 16.7 Å². The van der Waals surface area contributed by atoms with Crippen LogP contribution >= 0.6 is 23.2 Å². The summed E-state index contributed by atoms with van der Waals surface area (Å²) in [6.07, 6.45) is 0.859. The van der Waals surface area contributed by atoms with Gasteiger partial charge < -0.3 is 15.1 Å². The minimum atomic E-state index is -3.25. The fourth-order valence-electron chi connectivity index (χ4n) is 7.27. The summed E-state index contributed by atoms with van der Waals surface area (Å²) in [6.45, 7) is 9.35. The molecule has 9 heteroatoms. The Labute approximate surface area is 261 Å². The summed E-state index contributed by atoms with van der Waals surface area (Å²) in [5, 5.41) is 23.2. The zero-order valence-electron chi connectivity index (χ0n) is 25.3. The van der Waals surface area contributed by atoms with E-state index in [1.165, 1.54) is 0 Å². The van der Waals surface area contributed by atoms with Gasteiger partial charge in [-0.3, -0.25) is 4.79 Å². The van der Waals surface area contributed by atoms with E-state index >= 15 is 0 Å². The molecule has 1 heterocycles. The first-order valence-corrected chi connectivity index (χ1v) is 17.6. The number of halogens is 2. The molecule has 1 saturated heterocycles. The molecule has 2 aromatic carbocycles. The van der Waals surface area contributed by atoms with Crippen molar-refractivity contribution in [3.63, 3.8) is 0 Å². The molecular weight excluding hydrogens is 593 g/mol. The molecule has 2 aliphatic rings. The minimum absolute atomic E-state index is 0.000604. The van der Waals surface area contributed by atoms with Crippen molar-refractivity contribution in [3.8, 4) is 0 Å². The molecule has 0 spiro atoms. The first kappa shape index (κ1) is 33.3. The van der Waals surface area contributed by atoms with Gasteiger partial charge in [0.2, 0.25) is 5.91 Å². The lowest BCUT2D eigenvalue weighted by atomic mass is 9.64. The number of piperidine rings is 1. The second-order valence-corrected chi connectivity index (χ2v) is 16.5. The first-order valence-electron chi connectivity index (χ1n) is 15.0. The molecule has 3 unspecified atom stereocenters. The van der Waals surface area contributed by atoms with Crippen LogP contribution in [-0.4, -0.2) is 59.2 Å². The van der Waals surface area contributed by atoms with Gasteiger partial charge in [0, 0.05) is 38.6 Å². The maximum atomic E-state index is 14.9. The third kappa shape index (κ3) is 6.71. The number of hydrogen-bond acceptors (Lipinski definition) is 5. The fraction of sp³-hybridized carbons (Fsp3) is 0.606. The molecule has 6 nitrogen and oxygen atoms in total. The summed E-state index contributed by atoms with van der Waals surface area (Å²) in [6, 6.07) is 14.6. The van der Waals surface area contributed by atoms with Gasteiger partial charge in [-0.15, -0.1) is 0 Å². The molecule has 2 aromatic rings. The third-order valence-electron chi connectivity index (χ3n) is 9.96. The number of aliphatic hydroxyl groups excluding tert-OH is 2. The number of likely N-dealkylation sites (tertiary alicyclic amines) is 1. The van der Waals surface area contributed by atoms with E-state index in [0.29, 0.717) is 42.1 Å². The molecule has 0 aromatic heterocycles. The van der Waals surface area contributed by atoms with Gasteiger partial charge in [0.1, 0.15) is 9.84 Å². The number of sulfone groups is 1. The molecule has 42 heavy (non-hydrogen) atoms. The van der Waals surface area contributed by atoms with Crippen molar-refractivity contribution in [2.24, 2.45) is 16.7 Å². The van der Waals surface area contributed by atoms with Gasteiger partial charge in [-0.2, -0.15) is 0 Å². The number of hydrogen-bond donors (Lipinski definition) is 2. The largest absolute Gasteiger partial charge is 0.392 e. The van der Waals surface area contributed by atoms with Crippen LogP contribution in [0.4, 0.5) is 0 Å². The van der Waals surface area contributed by atoms with Crippen LogP contribution in [0.2, 0.25) is 10.0 Å². The topological polar surface area (TPSA) is 94.9 Å². The van der Waals surface area contributed by atoms with Crippen LogP contribution in [0.15, 0.2) is 48.5 Å². The highest BCUT2D eigenvalue weighted by Crippen LogP contribution is 2.55. The van der Waals surface area contributed by atoms with Crippen LogP contribution in [-0.2, 0) is 14.6 Å². The number of rotatable bonds is 10. The Bertz CT molecular complexity index is 1360. The number of nitrogens with zero attached hydrogens (tertiary/aromatic N) is 1. The predicted octanol–water partition coefficient (Wildman–Crippen LogP) is 6.82. The van der Waals surface area contributed by atoms with Crippen LogP contribution < -0.4 is 0 Å². The summed E-state index contributed by atoms with van der Waals surface area (Å²) in [5.74, 6) is -0.398. The number of aliphatic hydroxyl groups is 2. The molecule has 4 rings (SSSR count). The highest BCUT2D eigenvalue weighted by atomic mass is 35.5. The lowest BCUT2D eigenvalue weighted by Gasteiger charge is -2.53. The minimum Gasteiger partial charge on any atom is -0.392 e. The van der Waals surface area contributed by atoms with E-state index in [9.17, 15) is 23.4 Å². The van der Waals surface area contributed by atoms with Gasteiger partial charge in [-0.05, 0) is 73.4 Å². The first-order chi connectivity index (χ1) is 19.6. The third-order valence-corrected chi connectivity index (χ3v) is 12.2. The standard InChI is InChI=1S/C33H45Cl2NO5S/c1-6-26(15-16-42(40,41)7-2)36-29(21-11-13-24(34)14-12-21)27(22-9-8-10-25(35)17-22)20-33(5,31(36)39)19-23-18-28(37)32(3,4)30(23)38/h8-14,17,23,26-30,37-38H,6-7,15-16,18-20H2,1-5H3/t23?,26-,27+,28?,29+,30?,33-/m0/s1. The van der Waals surface area contributed by atoms with Crippen LogP contribution in [0.3, 0.4) is 0 Å². The Morgan fingerprint density at radius 2 is 1.67 bits per heavy atom. The summed E-state index contributed by atoms with van der Waals surface area (Å²) in [5.41, 5.74) is 0.388. The predicted molar refractivity (Wildman–Crippen MR) is 169 cm³/mol. The molecule has 1 aliphatic carbocycles. The van der Waals surface area contributed by atoms with Crippen LogP contribution in [0.25, 0.3) is 0 Å². The van der Waals surface area contributed by atoms with E-state index in [4.69, 9.17) is 23.2 Å². The van der Waals surface area contributed by atoms with E-state index in [1.807, 2.05) is 81.1 Å². The Balaban J connectivity index is 1.85. The molecule has 0 bridgehead atoms. The van der Waals surface area contributed by atoms with Crippen LogP contribution in [0.5, 0.6) is 0 Å². The Morgan fingerprint density at radius 1 is 1.00 bits per heavy atom. The van der Waals surface area contributed by atoms with Gasteiger partial charge in [-0.1, -0.05) is 82.1 Å². The Kier molecular flexibility index (Phi) is 10.1.